The van der Waals surface area contributed by atoms with Crippen LogP contribution >= 0.6 is 27.5 Å². The van der Waals surface area contributed by atoms with E-state index in [1.54, 1.807) is 30.3 Å². The fraction of sp³-hybridized carbons (Fsp3) is 0.560. The van der Waals surface area contributed by atoms with Gasteiger partial charge in [0.05, 0.1) is 28.6 Å². The Labute approximate surface area is 218 Å². The summed E-state index contributed by atoms with van der Waals surface area (Å²) >= 11 is 9.99. The number of rotatable bonds is 11. The number of unbranched alkanes of at least 4 members (excludes halogenated alkanes) is 3. The van der Waals surface area contributed by atoms with Gasteiger partial charge >= 0.3 is 5.97 Å². The van der Waals surface area contributed by atoms with E-state index in [4.69, 9.17) is 21.4 Å². The van der Waals surface area contributed by atoms with Crippen LogP contribution in [0.5, 0.6) is 0 Å². The number of likely N-dealkylation sites (tertiary alicyclic amines) is 1. The van der Waals surface area contributed by atoms with Crippen LogP contribution in [0, 0.1) is 11.8 Å². The molecule has 1 aromatic rings. The third-order valence-corrected chi connectivity index (χ3v) is 8.50. The minimum absolute atomic E-state index is 0.103. The molecule has 0 aliphatic carbocycles. The van der Waals surface area contributed by atoms with Crippen molar-refractivity contribution in [2.75, 3.05) is 24.6 Å². The molecule has 8 nitrogen and oxygen atoms in total. The van der Waals surface area contributed by atoms with Gasteiger partial charge in [0.2, 0.25) is 5.91 Å². The second-order valence-electron chi connectivity index (χ2n) is 9.36. The number of carbonyl (C=O) groups is 3. The topological polar surface area (TPSA) is 107 Å². The number of amides is 2. The van der Waals surface area contributed by atoms with Crippen LogP contribution in [0.15, 0.2) is 36.9 Å². The van der Waals surface area contributed by atoms with Crippen LogP contribution in [0.4, 0.5) is 5.69 Å². The van der Waals surface area contributed by atoms with Crippen LogP contribution in [0.2, 0.25) is 5.02 Å². The highest BCUT2D eigenvalue weighted by Gasteiger charge is 2.76. The fourth-order valence-electron chi connectivity index (χ4n) is 5.93. The van der Waals surface area contributed by atoms with Gasteiger partial charge < -0.3 is 24.7 Å². The van der Waals surface area contributed by atoms with E-state index in [0.717, 1.165) is 12.8 Å². The first kappa shape index (κ1) is 26.1. The Morgan fingerprint density at radius 1 is 1.29 bits per heavy atom. The van der Waals surface area contributed by atoms with Crippen molar-refractivity contribution in [1.29, 1.82) is 0 Å². The van der Waals surface area contributed by atoms with Gasteiger partial charge in [-0.1, -0.05) is 58.6 Å². The summed E-state index contributed by atoms with van der Waals surface area (Å²) in [6.45, 7) is 4.36. The summed E-state index contributed by atoms with van der Waals surface area (Å²) in [5.74, 6) is -3.76. The summed E-state index contributed by atoms with van der Waals surface area (Å²) in [5, 5.41) is 19.4. The Morgan fingerprint density at radius 3 is 2.66 bits per heavy atom. The van der Waals surface area contributed by atoms with Crippen molar-refractivity contribution in [3.8, 4) is 0 Å². The van der Waals surface area contributed by atoms with E-state index in [-0.39, 0.29) is 29.8 Å². The van der Waals surface area contributed by atoms with Crippen LogP contribution < -0.4 is 4.90 Å². The zero-order valence-electron chi connectivity index (χ0n) is 19.3. The Bertz CT molecular complexity index is 1010. The molecule has 2 bridgehead atoms. The van der Waals surface area contributed by atoms with Gasteiger partial charge in [0.1, 0.15) is 11.6 Å². The number of nitrogens with zero attached hydrogens (tertiary/aromatic N) is 2. The average Bonchev–Trinajstić information content (AvgIpc) is 3.41. The monoisotopic (exact) mass is 568 g/mol. The summed E-state index contributed by atoms with van der Waals surface area (Å²) < 4.78 is 6.31. The van der Waals surface area contributed by atoms with E-state index in [0.29, 0.717) is 36.5 Å². The number of carboxylic acid groups (broad SMARTS) is 1. The molecule has 2 N–H and O–H groups in total. The summed E-state index contributed by atoms with van der Waals surface area (Å²) in [5.41, 5.74) is -0.742. The molecule has 35 heavy (non-hydrogen) atoms. The molecule has 1 unspecified atom stereocenters. The first-order valence-electron chi connectivity index (χ1n) is 11.9. The molecule has 0 aromatic heterocycles. The lowest BCUT2D eigenvalue weighted by atomic mass is 9.70. The van der Waals surface area contributed by atoms with E-state index in [1.807, 2.05) is 0 Å². The smallest absolute Gasteiger partial charge is 0.310 e. The lowest BCUT2D eigenvalue weighted by Gasteiger charge is -2.37. The largest absolute Gasteiger partial charge is 0.481 e. The molecule has 3 heterocycles. The predicted octanol–water partition coefficient (Wildman–Crippen LogP) is 3.24. The number of benzene rings is 1. The molecule has 0 saturated carbocycles. The van der Waals surface area contributed by atoms with Crippen LogP contribution in [-0.4, -0.2) is 75.2 Å². The molecule has 3 saturated heterocycles. The molecule has 6 atom stereocenters. The van der Waals surface area contributed by atoms with Crippen molar-refractivity contribution < 1.29 is 29.3 Å². The second kappa shape index (κ2) is 10.6. The van der Waals surface area contributed by atoms with Gasteiger partial charge in [0.15, 0.2) is 0 Å². The predicted molar refractivity (Wildman–Crippen MR) is 135 cm³/mol. The van der Waals surface area contributed by atoms with E-state index < -0.39 is 35.6 Å². The number of aliphatic hydroxyl groups excluding tert-OH is 1. The molecule has 10 heteroatoms. The maximum atomic E-state index is 14.2. The van der Waals surface area contributed by atoms with Crippen LogP contribution in [0.3, 0.4) is 0 Å². The number of hydrogen-bond donors (Lipinski definition) is 2. The van der Waals surface area contributed by atoms with E-state index in [2.05, 4.69) is 22.5 Å². The normalized spacial score (nSPS) is 31.0. The number of halogens is 2. The van der Waals surface area contributed by atoms with Gasteiger partial charge in [-0.15, -0.1) is 6.58 Å². The molecule has 0 radical (unpaired) electrons. The maximum Gasteiger partial charge on any atom is 0.310 e. The van der Waals surface area contributed by atoms with Crippen molar-refractivity contribution in [3.63, 3.8) is 0 Å². The van der Waals surface area contributed by atoms with E-state index in [1.165, 1.54) is 9.80 Å². The number of carbonyl (C=O) groups excluding carboxylic acids is 2. The highest BCUT2D eigenvalue weighted by molar-refractivity contribution is 9.09. The molecular weight excluding hydrogens is 540 g/mol. The standard InChI is InChI=1S/C25H30BrClN2O6/c1-2-11-28(17-10-6-5-9-16(17)27)23(32)21-25-14-15(26)20(35-25)18(24(33)34)19(25)22(31)29(21)12-7-3-4-8-13-30/h2,5-6,9-10,15,18-21,30H,1,3-4,7-8,11-14H2,(H,33,34)/t15?,18-,19+,20-,21-,25+/m1/s1. The number of aliphatic carboxylic acids is 1. The molecule has 2 amide bonds. The molecule has 1 aromatic carbocycles. The number of hydrogen-bond acceptors (Lipinski definition) is 5. The Hall–Kier alpha value is -1.94. The van der Waals surface area contributed by atoms with Crippen molar-refractivity contribution in [1.82, 2.24) is 4.90 Å². The number of aliphatic hydroxyl groups is 1. The average molecular weight is 570 g/mol. The highest BCUT2D eigenvalue weighted by atomic mass is 79.9. The minimum Gasteiger partial charge on any atom is -0.481 e. The lowest BCUT2D eigenvalue weighted by molar-refractivity contribution is -0.149. The number of carboxylic acids is 1. The third kappa shape index (κ3) is 4.41. The van der Waals surface area contributed by atoms with Crippen molar-refractivity contribution >= 4 is 51.0 Å². The summed E-state index contributed by atoms with van der Waals surface area (Å²) in [6.07, 6.45) is 4.14. The third-order valence-electron chi connectivity index (χ3n) is 7.34. The van der Waals surface area contributed by atoms with Crippen molar-refractivity contribution in [2.24, 2.45) is 11.8 Å². The van der Waals surface area contributed by atoms with E-state index >= 15 is 0 Å². The quantitative estimate of drug-likeness (QED) is 0.241. The molecular formula is C25H30BrClN2O6. The first-order valence-corrected chi connectivity index (χ1v) is 13.2. The SMILES string of the molecule is C=CCN(C(=O)[C@H]1N(CCCCCCO)C(=O)[C@@H]2[C@@H](C(=O)O)[C@@H]3O[C@@]21CC3Br)c1ccccc1Cl. The van der Waals surface area contributed by atoms with Crippen LogP contribution in [-0.2, 0) is 19.1 Å². The van der Waals surface area contributed by atoms with Gasteiger partial charge in [-0.25, -0.2) is 0 Å². The number of anilines is 1. The molecule has 3 aliphatic rings. The van der Waals surface area contributed by atoms with Crippen LogP contribution in [0.25, 0.3) is 0 Å². The van der Waals surface area contributed by atoms with Crippen LogP contribution in [0.1, 0.15) is 32.1 Å². The zero-order chi connectivity index (χ0) is 25.3. The highest BCUT2D eigenvalue weighted by Crippen LogP contribution is 2.60. The molecule has 190 valence electrons. The Kier molecular flexibility index (Phi) is 7.90. The summed E-state index contributed by atoms with van der Waals surface area (Å²) in [7, 11) is 0. The minimum atomic E-state index is -1.23. The molecule has 4 rings (SSSR count). The van der Waals surface area contributed by atoms with Gasteiger partial charge in [-0.2, -0.15) is 0 Å². The summed E-state index contributed by atoms with van der Waals surface area (Å²) in [6, 6.07) is 5.98. The van der Waals surface area contributed by atoms with E-state index in [9.17, 15) is 19.5 Å². The Balaban J connectivity index is 1.73. The number of alkyl halides is 1. The molecule has 3 aliphatic heterocycles. The lowest BCUT2D eigenvalue weighted by Crippen LogP contribution is -2.57. The zero-order valence-corrected chi connectivity index (χ0v) is 21.7. The van der Waals surface area contributed by atoms with Crippen molar-refractivity contribution in [3.05, 3.63) is 41.9 Å². The fourth-order valence-corrected chi connectivity index (χ4v) is 7.11. The molecule has 3 fully saturated rings. The number of para-hydroxylation sites is 1. The molecule has 1 spiro atoms. The van der Waals surface area contributed by atoms with Gasteiger partial charge in [0, 0.05) is 24.5 Å². The van der Waals surface area contributed by atoms with Gasteiger partial charge in [0.25, 0.3) is 5.91 Å². The number of fused-ring (bicyclic) bond motifs is 1. The second-order valence-corrected chi connectivity index (χ2v) is 10.9. The number of ether oxygens (including phenoxy) is 1. The van der Waals surface area contributed by atoms with Gasteiger partial charge in [-0.05, 0) is 31.4 Å². The summed E-state index contributed by atoms with van der Waals surface area (Å²) in [4.78, 5) is 42.9. The van der Waals surface area contributed by atoms with Crippen molar-refractivity contribution in [2.45, 2.75) is 54.7 Å². The first-order chi connectivity index (χ1) is 16.8. The van der Waals surface area contributed by atoms with Gasteiger partial charge in [-0.3, -0.25) is 14.4 Å². The maximum absolute atomic E-state index is 14.2. The Morgan fingerprint density at radius 2 is 2.00 bits per heavy atom.